The van der Waals surface area contributed by atoms with Crippen LogP contribution in [0.3, 0.4) is 0 Å². The van der Waals surface area contributed by atoms with Crippen molar-refractivity contribution in [1.29, 1.82) is 0 Å². The third-order valence-electron chi connectivity index (χ3n) is 3.06. The third-order valence-corrected chi connectivity index (χ3v) is 3.06. The minimum Gasteiger partial charge on any atom is -0.383 e. The largest absolute Gasteiger partial charge is 0.383 e. The van der Waals surface area contributed by atoms with Crippen molar-refractivity contribution in [3.05, 3.63) is 18.6 Å². The van der Waals surface area contributed by atoms with Gasteiger partial charge in [-0.05, 0) is 13.8 Å². The normalized spacial score (nSPS) is 12.6. The van der Waals surface area contributed by atoms with Crippen LogP contribution in [0.2, 0.25) is 0 Å². The quantitative estimate of drug-likeness (QED) is 0.595. The van der Waals surface area contributed by atoms with Crippen molar-refractivity contribution in [2.45, 2.75) is 19.9 Å². The van der Waals surface area contributed by atoms with Gasteiger partial charge >= 0.3 is 0 Å². The Balaban J connectivity index is 2.48. The maximum absolute atomic E-state index is 5.47. The van der Waals surface area contributed by atoms with E-state index in [9.17, 15) is 0 Å². The average molecular weight is 264 g/mol. The van der Waals surface area contributed by atoms with Gasteiger partial charge in [-0.25, -0.2) is 15.8 Å². The summed E-state index contributed by atoms with van der Waals surface area (Å²) in [7, 11) is 1.70. The van der Waals surface area contributed by atoms with Crippen molar-refractivity contribution in [1.82, 2.24) is 14.4 Å². The van der Waals surface area contributed by atoms with Crippen LogP contribution in [0.1, 0.15) is 13.8 Å². The summed E-state index contributed by atoms with van der Waals surface area (Å²) >= 11 is 0. The molecule has 19 heavy (non-hydrogen) atoms. The van der Waals surface area contributed by atoms with E-state index in [1.54, 1.807) is 19.5 Å². The van der Waals surface area contributed by atoms with Crippen LogP contribution in [-0.4, -0.2) is 40.7 Å². The Morgan fingerprint density at radius 1 is 1.58 bits per heavy atom. The molecule has 0 aromatic carbocycles. The molecule has 0 radical (unpaired) electrons. The fraction of sp³-hybridized carbons (Fsp3) is 0.500. The lowest BCUT2D eigenvalue weighted by atomic mass is 10.3. The van der Waals surface area contributed by atoms with E-state index < -0.39 is 0 Å². The lowest BCUT2D eigenvalue weighted by Crippen LogP contribution is -2.37. The van der Waals surface area contributed by atoms with Crippen molar-refractivity contribution in [2.75, 3.05) is 30.6 Å². The van der Waals surface area contributed by atoms with Crippen LogP contribution in [0.15, 0.2) is 18.6 Å². The lowest BCUT2D eigenvalue weighted by molar-refractivity contribution is 0.182. The Bertz CT molecular complexity index is 540. The molecule has 0 aliphatic rings. The number of hydrogen-bond acceptors (Lipinski definition) is 6. The molecule has 3 N–H and O–H groups in total. The van der Waals surface area contributed by atoms with Crippen LogP contribution >= 0.6 is 0 Å². The number of nitrogens with zero attached hydrogens (tertiary/aromatic N) is 4. The van der Waals surface area contributed by atoms with E-state index in [0.717, 1.165) is 18.0 Å². The van der Waals surface area contributed by atoms with E-state index in [0.29, 0.717) is 12.4 Å². The molecule has 2 rings (SSSR count). The highest BCUT2D eigenvalue weighted by Gasteiger charge is 2.18. The molecule has 0 aliphatic carbocycles. The van der Waals surface area contributed by atoms with Crippen molar-refractivity contribution < 1.29 is 4.74 Å². The van der Waals surface area contributed by atoms with Crippen LogP contribution in [-0.2, 0) is 4.74 Å². The molecule has 2 aromatic heterocycles. The lowest BCUT2D eigenvalue weighted by Gasteiger charge is -2.29. The molecule has 1 atom stereocenters. The number of hydrazine groups is 1. The first-order valence-electron chi connectivity index (χ1n) is 6.27. The second-order valence-corrected chi connectivity index (χ2v) is 4.34. The number of ether oxygens (including phenoxy) is 1. The van der Waals surface area contributed by atoms with E-state index in [1.807, 2.05) is 10.6 Å². The highest BCUT2D eigenvalue weighted by Crippen LogP contribution is 2.22. The summed E-state index contributed by atoms with van der Waals surface area (Å²) in [6.07, 6.45) is 5.42. The van der Waals surface area contributed by atoms with E-state index in [2.05, 4.69) is 34.1 Å². The van der Waals surface area contributed by atoms with Gasteiger partial charge in [0.15, 0.2) is 17.3 Å². The van der Waals surface area contributed by atoms with Gasteiger partial charge in [-0.3, -0.25) is 0 Å². The summed E-state index contributed by atoms with van der Waals surface area (Å²) in [5, 5.41) is 0. The first-order chi connectivity index (χ1) is 9.21. The molecule has 0 spiro atoms. The van der Waals surface area contributed by atoms with Gasteiger partial charge in [-0.2, -0.15) is 0 Å². The number of hydrogen-bond donors (Lipinski definition) is 2. The summed E-state index contributed by atoms with van der Waals surface area (Å²) in [4.78, 5) is 11.0. The van der Waals surface area contributed by atoms with Crippen molar-refractivity contribution >= 4 is 17.3 Å². The highest BCUT2D eigenvalue weighted by atomic mass is 16.5. The second kappa shape index (κ2) is 5.85. The Morgan fingerprint density at radius 3 is 3.00 bits per heavy atom. The third kappa shape index (κ3) is 2.61. The number of anilines is 2. The van der Waals surface area contributed by atoms with Crippen LogP contribution in [0.5, 0.6) is 0 Å². The molecular formula is C12H20N6O. The van der Waals surface area contributed by atoms with Crippen LogP contribution in [0.4, 0.5) is 11.6 Å². The van der Waals surface area contributed by atoms with Gasteiger partial charge in [0.1, 0.15) is 0 Å². The van der Waals surface area contributed by atoms with E-state index in [4.69, 9.17) is 10.6 Å². The zero-order chi connectivity index (χ0) is 13.8. The van der Waals surface area contributed by atoms with E-state index in [-0.39, 0.29) is 6.04 Å². The van der Waals surface area contributed by atoms with Crippen LogP contribution < -0.4 is 16.2 Å². The van der Waals surface area contributed by atoms with E-state index >= 15 is 0 Å². The number of nitrogen functional groups attached to an aromatic ring is 1. The smallest absolute Gasteiger partial charge is 0.180 e. The Morgan fingerprint density at radius 2 is 2.37 bits per heavy atom. The fourth-order valence-electron chi connectivity index (χ4n) is 2.18. The highest BCUT2D eigenvalue weighted by molar-refractivity contribution is 5.67. The first kappa shape index (κ1) is 13.6. The van der Waals surface area contributed by atoms with Gasteiger partial charge in [-0.15, -0.1) is 0 Å². The summed E-state index contributed by atoms with van der Waals surface area (Å²) < 4.78 is 7.12. The Labute approximate surface area is 112 Å². The Kier molecular flexibility index (Phi) is 4.18. The van der Waals surface area contributed by atoms with Crippen LogP contribution in [0.25, 0.3) is 5.65 Å². The van der Waals surface area contributed by atoms with E-state index in [1.165, 1.54) is 0 Å². The molecule has 0 bridgehead atoms. The summed E-state index contributed by atoms with van der Waals surface area (Å²) in [5.41, 5.74) is 3.39. The predicted molar refractivity (Wildman–Crippen MR) is 75.2 cm³/mol. The number of fused-ring (bicyclic) bond motifs is 1. The summed E-state index contributed by atoms with van der Waals surface area (Å²) in [5.74, 6) is 6.86. The first-order valence-corrected chi connectivity index (χ1v) is 6.27. The zero-order valence-electron chi connectivity index (χ0n) is 11.5. The number of likely N-dealkylation sites (N-methyl/N-ethyl adjacent to an activating group) is 1. The van der Waals surface area contributed by atoms with Gasteiger partial charge in [0.2, 0.25) is 0 Å². The molecule has 104 valence electrons. The number of nitrogens with one attached hydrogen (secondary N) is 1. The number of rotatable bonds is 6. The molecule has 0 saturated heterocycles. The maximum atomic E-state index is 5.47. The molecule has 7 heteroatoms. The monoisotopic (exact) mass is 264 g/mol. The van der Waals surface area contributed by atoms with Gasteiger partial charge < -0.3 is 19.5 Å². The molecule has 2 heterocycles. The van der Waals surface area contributed by atoms with Crippen molar-refractivity contribution in [3.8, 4) is 0 Å². The molecule has 7 nitrogen and oxygen atoms in total. The van der Waals surface area contributed by atoms with Gasteiger partial charge in [-0.1, -0.05) is 0 Å². The number of methoxy groups -OCH3 is 1. The predicted octanol–water partition coefficient (Wildman–Crippen LogP) is 0.876. The second-order valence-electron chi connectivity index (χ2n) is 4.34. The molecule has 1 unspecified atom stereocenters. The summed E-state index contributed by atoms with van der Waals surface area (Å²) in [6, 6.07) is 0.205. The minimum atomic E-state index is 0.205. The molecule has 0 saturated carbocycles. The Hall–Kier alpha value is -1.86. The molecule has 0 aliphatic heterocycles. The van der Waals surface area contributed by atoms with Crippen molar-refractivity contribution in [2.24, 2.45) is 5.84 Å². The van der Waals surface area contributed by atoms with Crippen LogP contribution in [0, 0.1) is 0 Å². The van der Waals surface area contributed by atoms with Gasteiger partial charge in [0.05, 0.1) is 18.8 Å². The molecule has 0 amide bonds. The number of aromatic nitrogens is 3. The summed E-state index contributed by atoms with van der Waals surface area (Å²) in [6.45, 7) is 5.61. The number of nitrogens with two attached hydrogens (primary N) is 1. The SMILES string of the molecule is CCN(c1nc(NN)cn2ccnc12)C(C)COC. The fourth-order valence-corrected chi connectivity index (χ4v) is 2.18. The maximum Gasteiger partial charge on any atom is 0.180 e. The average Bonchev–Trinajstić information content (AvgIpc) is 2.87. The molecule has 2 aromatic rings. The van der Waals surface area contributed by atoms with Gasteiger partial charge in [0.25, 0.3) is 0 Å². The molecule has 0 fully saturated rings. The van der Waals surface area contributed by atoms with Crippen molar-refractivity contribution in [3.63, 3.8) is 0 Å². The standard InChI is InChI=1S/C12H20N6O/c1-4-18(9(2)8-19-3)12-11-14-5-6-17(11)7-10(15-12)16-13/h5-7,9,16H,4,8,13H2,1-3H3. The zero-order valence-corrected chi connectivity index (χ0v) is 11.5. The number of imidazole rings is 1. The van der Waals surface area contributed by atoms with Gasteiger partial charge in [0, 0.05) is 26.0 Å². The minimum absolute atomic E-state index is 0.205. The topological polar surface area (TPSA) is 80.7 Å². The molecular weight excluding hydrogens is 244 g/mol.